The highest BCUT2D eigenvalue weighted by molar-refractivity contribution is 5.85. The van der Waals surface area contributed by atoms with Crippen LogP contribution in [-0.2, 0) is 43.2 Å². The molecule has 0 aromatic carbocycles. The number of hydrogen-bond donors (Lipinski definition) is 9. The molecule has 6 atom stereocenters. The topological polar surface area (TPSA) is 394 Å². The number of alkyl halides is 2. The third-order valence-electron chi connectivity index (χ3n) is 29.4. The predicted octanol–water partition coefficient (Wildman–Crippen LogP) is 6.79. The molecule has 9 N–H and O–H groups in total. The number of aliphatic hydroxyl groups excluding tert-OH is 5. The molecule has 0 aromatic heterocycles. The molecule has 868 valence electrons. The SMILES string of the molecule is CC(C)C(O)C(=O)N1CCN(C(C)(C)C)CC1.CC(C)CC(O)C(=O)N1CCN(C(C)(C)C)CC1.CC(C)N1CCN(C(=O)C(C)(C)O)CC1.CC(C)N1CCN(C(=O)C(O)C(C)(F)F)CC1.CC(C)N1CCN(C(=O)CC(C)(C)O)C2(CC2)C1.CC(C)N1CCN(C(=O)CC(C)(C)O)CC1.CC(O)C(=O)N1CCN(C(C)C)CC1.CC(O)CC(=O)N1CCN(C(C)C)CC1.CCC(C)(O)CC(=O)N1CCN(C(C)(C)C)CC1. The molecule has 36 nitrogen and oxygen atoms in total. The summed E-state index contributed by atoms with van der Waals surface area (Å²) in [5.74, 6) is -4.11. The van der Waals surface area contributed by atoms with Crippen molar-refractivity contribution < 1.29 is 97.9 Å². The van der Waals surface area contributed by atoms with Crippen molar-refractivity contribution in [1.29, 1.82) is 0 Å². The minimum atomic E-state index is -3.38. The Hall–Kier alpha value is -5.63. The molecule has 10 fully saturated rings. The molecular formula is C110H216F2N18O18. The van der Waals surface area contributed by atoms with Crippen molar-refractivity contribution in [3.63, 3.8) is 0 Å². The van der Waals surface area contributed by atoms with E-state index < -0.39 is 64.8 Å². The number of carbonyl (C=O) groups is 9. The average molecular weight is 2120 g/mol. The van der Waals surface area contributed by atoms with Gasteiger partial charge in [0.25, 0.3) is 35.5 Å². The van der Waals surface area contributed by atoms with E-state index in [-0.39, 0.29) is 101 Å². The highest BCUT2D eigenvalue weighted by Gasteiger charge is 2.54. The zero-order valence-corrected chi connectivity index (χ0v) is 99.4. The fraction of sp³-hybridized carbons (Fsp3) is 0.918. The summed E-state index contributed by atoms with van der Waals surface area (Å²) in [6, 6.07) is 3.10. The first kappa shape index (κ1) is 138. The smallest absolute Gasteiger partial charge is 0.279 e. The Kier molecular flexibility index (Phi) is 58.3. The number of aliphatic hydroxyl groups is 9. The van der Waals surface area contributed by atoms with Crippen molar-refractivity contribution in [3.8, 4) is 0 Å². The lowest BCUT2D eigenvalue weighted by molar-refractivity contribution is -0.162. The van der Waals surface area contributed by atoms with Crippen molar-refractivity contribution >= 4 is 53.2 Å². The molecule has 9 aliphatic heterocycles. The van der Waals surface area contributed by atoms with Gasteiger partial charge in [0.15, 0.2) is 6.10 Å². The van der Waals surface area contributed by atoms with Gasteiger partial charge in [-0.2, -0.15) is 0 Å². The van der Waals surface area contributed by atoms with Crippen LogP contribution < -0.4 is 0 Å². The summed E-state index contributed by atoms with van der Waals surface area (Å²) in [4.78, 5) is 144. The minimum absolute atomic E-state index is 0.0110. The van der Waals surface area contributed by atoms with Crippen LogP contribution in [0.1, 0.15) is 301 Å². The summed E-state index contributed by atoms with van der Waals surface area (Å²) >= 11 is 0. The standard InChI is InChI=1S/C14H26N2O2.2C14H28N2O2.C13H26N2O2.C12H24N2O2.C11H20F2N2O2.2C11H22N2O2.C10H20N2O2/c1-11(2)15-7-8-16(14(10-15)5-6-14)12(17)9-13(3,4)18;1-11(2)10-12(17)13(18)15-6-8-16(9-7-15)14(3,4)5;1-6-14(5,18)11-12(17)15-7-9-16(10-8-15)13(2,3)4;1-10(2)11(16)12(17)14-6-8-15(9-7-14)13(3,4)5;1-10(2)13-5-7-14(8-6-13)11(15)9-12(3,4)16;1-8(2)14-4-6-15(7-5-14)10(17)9(16)11(3,12)13;1-9(2)12-5-7-13(8-6-12)10(14)11(3,4)15;1-9(2)12-4-6-13(7-5-12)11(15)8-10(3)14;1-8(2)11-4-6-12(7-5-11)10(14)9(3)13/h11,18H,5-10H2,1-4H3;11-12,17H,6-10H2,1-5H3;18H,6-11H2,1-5H3;10-11,16H,6-9H2,1-5H3;10,16H,5-9H2,1-4H3;8-9,16H,4-7H2,1-3H3;9,15H,5-8H2,1-4H3;9-10,14H,4-8H2,1-3H3;8-9,13H,4-7H2,1-3H3. The molecular weight excluding hydrogens is 1900 g/mol. The van der Waals surface area contributed by atoms with E-state index in [4.69, 9.17) is 10.2 Å². The highest BCUT2D eigenvalue weighted by atomic mass is 19.3. The number of rotatable bonds is 24. The predicted molar refractivity (Wildman–Crippen MR) is 585 cm³/mol. The summed E-state index contributed by atoms with van der Waals surface area (Å²) in [5, 5.41) is 86.1. The normalized spacial score (nSPS) is 21.0. The van der Waals surface area contributed by atoms with Gasteiger partial charge in [0.05, 0.1) is 54.1 Å². The number of amides is 9. The molecule has 0 aromatic rings. The van der Waals surface area contributed by atoms with E-state index in [0.29, 0.717) is 88.1 Å². The Morgan fingerprint density at radius 2 is 0.581 bits per heavy atom. The number of carbonyl (C=O) groups excluding carboxylic acids is 9. The average Bonchev–Trinajstić information content (AvgIpc) is 1.59. The van der Waals surface area contributed by atoms with Crippen LogP contribution in [0.4, 0.5) is 8.78 Å². The molecule has 1 spiro atoms. The lowest BCUT2D eigenvalue weighted by atomic mass is 9.98. The number of hydrogen-bond acceptors (Lipinski definition) is 27. The van der Waals surface area contributed by atoms with Gasteiger partial charge in [-0.25, -0.2) is 8.78 Å². The highest BCUT2D eigenvalue weighted by Crippen LogP contribution is 2.45. The Morgan fingerprint density at radius 1 is 0.311 bits per heavy atom. The van der Waals surface area contributed by atoms with E-state index in [2.05, 4.69) is 176 Å². The van der Waals surface area contributed by atoms with E-state index >= 15 is 0 Å². The summed E-state index contributed by atoms with van der Waals surface area (Å²) in [6.07, 6.45) is -0.955. The van der Waals surface area contributed by atoms with E-state index in [1.54, 1.807) is 75.0 Å². The first-order valence-electron chi connectivity index (χ1n) is 55.7. The zero-order valence-electron chi connectivity index (χ0n) is 99.4. The van der Waals surface area contributed by atoms with Crippen LogP contribution in [0.5, 0.6) is 0 Å². The van der Waals surface area contributed by atoms with Crippen LogP contribution in [0.15, 0.2) is 0 Å². The fourth-order valence-electron chi connectivity index (χ4n) is 18.7. The van der Waals surface area contributed by atoms with E-state index in [0.717, 1.165) is 216 Å². The lowest BCUT2D eigenvalue weighted by Crippen LogP contribution is -2.59. The fourth-order valence-corrected chi connectivity index (χ4v) is 18.7. The third kappa shape index (κ3) is 50.9. The molecule has 0 radical (unpaired) electrons. The van der Waals surface area contributed by atoms with Gasteiger partial charge in [0.2, 0.25) is 23.6 Å². The van der Waals surface area contributed by atoms with Crippen LogP contribution in [0.2, 0.25) is 0 Å². The second kappa shape index (κ2) is 62.3. The second-order valence-electron chi connectivity index (χ2n) is 50.2. The van der Waals surface area contributed by atoms with Gasteiger partial charge < -0.3 is 90.1 Å². The largest absolute Gasteiger partial charge is 0.393 e. The van der Waals surface area contributed by atoms with Crippen LogP contribution in [0.3, 0.4) is 0 Å². The summed E-state index contributed by atoms with van der Waals surface area (Å²) in [7, 11) is 0. The van der Waals surface area contributed by atoms with Crippen LogP contribution >= 0.6 is 0 Å². The third-order valence-corrected chi connectivity index (χ3v) is 29.4. The Bertz CT molecular complexity index is 3840. The van der Waals surface area contributed by atoms with Crippen molar-refractivity contribution in [2.75, 3.05) is 229 Å². The van der Waals surface area contributed by atoms with Gasteiger partial charge in [0.1, 0.15) is 23.9 Å². The van der Waals surface area contributed by atoms with Gasteiger partial charge in [0, 0.05) is 289 Å². The first-order chi connectivity index (χ1) is 67.7. The van der Waals surface area contributed by atoms with E-state index in [9.17, 15) is 87.7 Å². The monoisotopic (exact) mass is 2120 g/mol. The zero-order chi connectivity index (χ0) is 114. The minimum Gasteiger partial charge on any atom is -0.393 e. The van der Waals surface area contributed by atoms with Gasteiger partial charge in [-0.1, -0.05) is 34.6 Å². The van der Waals surface area contributed by atoms with Gasteiger partial charge in [-0.15, -0.1) is 0 Å². The quantitative estimate of drug-likeness (QED) is 0.0480. The van der Waals surface area contributed by atoms with E-state index in [1.807, 2.05) is 68.1 Å². The molecule has 1 aliphatic carbocycles. The first-order valence-corrected chi connectivity index (χ1v) is 55.7. The molecule has 10 aliphatic rings. The molecule has 9 saturated heterocycles. The summed E-state index contributed by atoms with van der Waals surface area (Å²) in [6.45, 7) is 98.8. The van der Waals surface area contributed by atoms with Gasteiger partial charge in [-0.3, -0.25) is 87.3 Å². The van der Waals surface area contributed by atoms with Crippen molar-refractivity contribution in [1.82, 2.24) is 88.2 Å². The van der Waals surface area contributed by atoms with Crippen molar-refractivity contribution in [2.24, 2.45) is 11.8 Å². The molecule has 9 amide bonds. The molecule has 10 rings (SSSR count). The van der Waals surface area contributed by atoms with Crippen molar-refractivity contribution in [3.05, 3.63) is 0 Å². The molecule has 6 unspecified atom stereocenters. The van der Waals surface area contributed by atoms with Crippen LogP contribution in [-0.4, -0.2) is 534 Å². The van der Waals surface area contributed by atoms with Crippen molar-refractivity contribution in [2.45, 2.75) is 418 Å². The maximum absolute atomic E-state index is 12.8. The van der Waals surface area contributed by atoms with Crippen LogP contribution in [0.25, 0.3) is 0 Å². The number of halogens is 2. The summed E-state index contributed by atoms with van der Waals surface area (Å²) in [5.41, 5.74) is -3.32. The molecule has 1 saturated carbocycles. The molecule has 9 heterocycles. The Morgan fingerprint density at radius 3 is 0.851 bits per heavy atom. The number of piperazine rings is 9. The summed E-state index contributed by atoms with van der Waals surface area (Å²) < 4.78 is 25.6. The van der Waals surface area contributed by atoms with E-state index in [1.165, 1.54) is 11.8 Å². The number of nitrogens with zero attached hydrogens (tertiary/aromatic N) is 18. The lowest BCUT2D eigenvalue weighted by Gasteiger charge is -2.44. The Balaban J connectivity index is 0.000000563. The van der Waals surface area contributed by atoms with Gasteiger partial charge >= 0.3 is 0 Å². The Labute approximate surface area is 893 Å². The maximum atomic E-state index is 12.8. The van der Waals surface area contributed by atoms with Gasteiger partial charge in [-0.05, 0) is 245 Å². The molecule has 0 bridgehead atoms. The molecule has 148 heavy (non-hydrogen) atoms. The second-order valence-corrected chi connectivity index (χ2v) is 50.2. The van der Waals surface area contributed by atoms with Crippen LogP contribution in [0, 0.1) is 11.8 Å². The maximum Gasteiger partial charge on any atom is 0.279 e. The molecule has 38 heteroatoms.